The molecule has 3 aromatic rings. The third-order valence-electron chi connectivity index (χ3n) is 2.76. The molecule has 0 spiro atoms. The Bertz CT molecular complexity index is 702. The zero-order chi connectivity index (χ0) is 12.0. The average Bonchev–Trinajstić information content (AvgIpc) is 2.74. The van der Waals surface area contributed by atoms with Gasteiger partial charge in [0.15, 0.2) is 5.82 Å². The lowest BCUT2D eigenvalue weighted by atomic mass is 10.2. The van der Waals surface area contributed by atoms with Crippen LogP contribution in [0.4, 0.5) is 5.82 Å². The molecule has 3 rings (SSSR count). The standard InChI is InChI=1S/C12H11N4O/c1-7(17)16-6-14-10-11(16)8-4-2-3-5-9(8)15-12(10)13/h2-7,17H,1H2,(H2,13,15). The van der Waals surface area contributed by atoms with Crippen LogP contribution in [-0.2, 0) is 0 Å². The second-order valence-electron chi connectivity index (χ2n) is 3.84. The molecule has 5 heteroatoms. The molecule has 0 saturated carbocycles. The van der Waals surface area contributed by atoms with Crippen LogP contribution in [0.5, 0.6) is 0 Å². The Morgan fingerprint density at radius 3 is 2.88 bits per heavy atom. The van der Waals surface area contributed by atoms with Crippen LogP contribution in [0.1, 0.15) is 6.23 Å². The first kappa shape index (κ1) is 10.0. The fourth-order valence-corrected chi connectivity index (χ4v) is 2.00. The Labute approximate surface area is 97.5 Å². The first-order chi connectivity index (χ1) is 8.18. The van der Waals surface area contributed by atoms with Gasteiger partial charge in [-0.1, -0.05) is 18.2 Å². The third-order valence-corrected chi connectivity index (χ3v) is 2.76. The largest absolute Gasteiger partial charge is 0.382 e. The summed E-state index contributed by atoms with van der Waals surface area (Å²) in [5.41, 5.74) is 7.97. The molecule has 0 aliphatic carbocycles. The van der Waals surface area contributed by atoms with Crippen LogP contribution in [0.15, 0.2) is 30.6 Å². The van der Waals surface area contributed by atoms with E-state index in [1.54, 1.807) is 4.57 Å². The first-order valence-electron chi connectivity index (χ1n) is 5.20. The maximum absolute atomic E-state index is 9.61. The number of para-hydroxylation sites is 1. The molecule has 0 saturated heterocycles. The molecule has 1 radical (unpaired) electrons. The van der Waals surface area contributed by atoms with Gasteiger partial charge in [-0.2, -0.15) is 0 Å². The Morgan fingerprint density at radius 2 is 2.12 bits per heavy atom. The quantitative estimate of drug-likeness (QED) is 0.660. The highest BCUT2D eigenvalue weighted by Crippen LogP contribution is 2.28. The highest BCUT2D eigenvalue weighted by Gasteiger charge is 2.13. The SMILES string of the molecule is [CH2]C(O)n1cnc2c(N)nc3ccccc3c21. The fraction of sp³-hybridized carbons (Fsp3) is 0.0833. The molecule has 1 atom stereocenters. The van der Waals surface area contributed by atoms with Crippen molar-refractivity contribution in [2.75, 3.05) is 5.73 Å². The zero-order valence-corrected chi connectivity index (χ0v) is 9.04. The maximum Gasteiger partial charge on any atom is 0.152 e. The minimum absolute atomic E-state index is 0.359. The summed E-state index contributed by atoms with van der Waals surface area (Å²) >= 11 is 0. The van der Waals surface area contributed by atoms with E-state index in [4.69, 9.17) is 5.73 Å². The predicted octanol–water partition coefficient (Wildman–Crippen LogP) is 1.49. The van der Waals surface area contributed by atoms with Gasteiger partial charge in [-0.15, -0.1) is 0 Å². The highest BCUT2D eigenvalue weighted by molar-refractivity contribution is 6.06. The lowest BCUT2D eigenvalue weighted by Crippen LogP contribution is -2.03. The van der Waals surface area contributed by atoms with Gasteiger partial charge in [0.05, 0.1) is 17.4 Å². The average molecular weight is 227 g/mol. The van der Waals surface area contributed by atoms with Crippen molar-refractivity contribution in [1.82, 2.24) is 14.5 Å². The lowest BCUT2D eigenvalue weighted by Gasteiger charge is -2.09. The first-order valence-corrected chi connectivity index (χ1v) is 5.20. The molecule has 0 fully saturated rings. The van der Waals surface area contributed by atoms with Crippen molar-refractivity contribution in [2.45, 2.75) is 6.23 Å². The smallest absolute Gasteiger partial charge is 0.152 e. The number of rotatable bonds is 1. The van der Waals surface area contributed by atoms with Gasteiger partial charge in [-0.3, -0.25) is 0 Å². The number of nitrogens with two attached hydrogens (primary N) is 1. The number of anilines is 1. The van der Waals surface area contributed by atoms with E-state index in [9.17, 15) is 5.11 Å². The molecule has 3 N–H and O–H groups in total. The molecular formula is C12H11N4O. The minimum atomic E-state index is -0.898. The van der Waals surface area contributed by atoms with Crippen molar-refractivity contribution in [3.8, 4) is 0 Å². The van der Waals surface area contributed by atoms with Gasteiger partial charge in [0, 0.05) is 5.39 Å². The second kappa shape index (κ2) is 3.43. The summed E-state index contributed by atoms with van der Waals surface area (Å²) in [4.78, 5) is 8.44. The molecule has 5 nitrogen and oxygen atoms in total. The van der Waals surface area contributed by atoms with Crippen molar-refractivity contribution in [1.29, 1.82) is 0 Å². The molecule has 0 amide bonds. The topological polar surface area (TPSA) is 77.0 Å². The number of benzene rings is 1. The van der Waals surface area contributed by atoms with Gasteiger partial charge in [-0.05, 0) is 13.0 Å². The fourth-order valence-electron chi connectivity index (χ4n) is 2.00. The van der Waals surface area contributed by atoms with Gasteiger partial charge >= 0.3 is 0 Å². The third kappa shape index (κ3) is 1.36. The lowest BCUT2D eigenvalue weighted by molar-refractivity contribution is 0.156. The number of nitrogen functional groups attached to an aromatic ring is 1. The number of nitrogens with zero attached hydrogens (tertiary/aromatic N) is 3. The maximum atomic E-state index is 9.61. The van der Waals surface area contributed by atoms with E-state index in [0.29, 0.717) is 11.3 Å². The van der Waals surface area contributed by atoms with Crippen molar-refractivity contribution in [3.63, 3.8) is 0 Å². The minimum Gasteiger partial charge on any atom is -0.382 e. The number of aliphatic hydroxyl groups is 1. The molecule has 17 heavy (non-hydrogen) atoms. The molecular weight excluding hydrogens is 216 g/mol. The van der Waals surface area contributed by atoms with Crippen LogP contribution in [0.3, 0.4) is 0 Å². The number of pyridine rings is 1. The van der Waals surface area contributed by atoms with Crippen LogP contribution < -0.4 is 5.73 Å². The summed E-state index contributed by atoms with van der Waals surface area (Å²) in [5.74, 6) is 0.359. The van der Waals surface area contributed by atoms with Crippen molar-refractivity contribution in [2.24, 2.45) is 0 Å². The van der Waals surface area contributed by atoms with E-state index >= 15 is 0 Å². The summed E-state index contributed by atoms with van der Waals surface area (Å²) in [7, 11) is 0. The van der Waals surface area contributed by atoms with Crippen molar-refractivity contribution in [3.05, 3.63) is 37.5 Å². The van der Waals surface area contributed by atoms with Crippen molar-refractivity contribution >= 4 is 27.8 Å². The van der Waals surface area contributed by atoms with Crippen LogP contribution in [0.2, 0.25) is 0 Å². The number of imidazole rings is 1. The van der Waals surface area contributed by atoms with Gasteiger partial charge in [-0.25, -0.2) is 9.97 Å². The van der Waals surface area contributed by atoms with E-state index in [1.165, 1.54) is 6.33 Å². The number of hydrogen-bond donors (Lipinski definition) is 2. The Kier molecular flexibility index (Phi) is 2.02. The molecule has 0 bridgehead atoms. The molecule has 1 aromatic carbocycles. The molecule has 1 unspecified atom stereocenters. The molecule has 85 valence electrons. The number of aromatic nitrogens is 3. The summed E-state index contributed by atoms with van der Waals surface area (Å²) in [5, 5.41) is 10.5. The Morgan fingerprint density at radius 1 is 1.35 bits per heavy atom. The van der Waals surface area contributed by atoms with E-state index in [0.717, 1.165) is 16.4 Å². The van der Waals surface area contributed by atoms with E-state index in [1.807, 2.05) is 24.3 Å². The van der Waals surface area contributed by atoms with Crippen LogP contribution in [0.25, 0.3) is 21.9 Å². The molecule has 0 aliphatic heterocycles. The second-order valence-corrected chi connectivity index (χ2v) is 3.84. The summed E-state index contributed by atoms with van der Waals surface area (Å²) < 4.78 is 1.58. The Hall–Kier alpha value is -2.14. The normalized spacial score (nSPS) is 13.3. The molecule has 2 aromatic heterocycles. The van der Waals surface area contributed by atoms with Crippen LogP contribution in [-0.4, -0.2) is 19.6 Å². The number of hydrogen-bond acceptors (Lipinski definition) is 4. The van der Waals surface area contributed by atoms with Crippen LogP contribution in [0, 0.1) is 6.92 Å². The monoisotopic (exact) mass is 227 g/mol. The van der Waals surface area contributed by atoms with Gasteiger partial charge in [0.2, 0.25) is 0 Å². The highest BCUT2D eigenvalue weighted by atomic mass is 16.3. The van der Waals surface area contributed by atoms with Gasteiger partial charge < -0.3 is 15.4 Å². The summed E-state index contributed by atoms with van der Waals surface area (Å²) in [6, 6.07) is 7.59. The van der Waals surface area contributed by atoms with Gasteiger partial charge in [0.1, 0.15) is 11.7 Å². The van der Waals surface area contributed by atoms with E-state index in [2.05, 4.69) is 16.9 Å². The Balaban J connectivity index is 2.56. The van der Waals surface area contributed by atoms with Gasteiger partial charge in [0.25, 0.3) is 0 Å². The van der Waals surface area contributed by atoms with Crippen molar-refractivity contribution < 1.29 is 5.11 Å². The number of fused-ring (bicyclic) bond motifs is 3. The predicted molar refractivity (Wildman–Crippen MR) is 66.1 cm³/mol. The number of aliphatic hydroxyl groups excluding tert-OH is 1. The summed E-state index contributed by atoms with van der Waals surface area (Å²) in [6.45, 7) is 3.58. The van der Waals surface area contributed by atoms with E-state index in [-0.39, 0.29) is 0 Å². The summed E-state index contributed by atoms with van der Waals surface area (Å²) in [6.07, 6.45) is 0.623. The molecule has 0 aliphatic rings. The van der Waals surface area contributed by atoms with Crippen LogP contribution >= 0.6 is 0 Å². The zero-order valence-electron chi connectivity index (χ0n) is 9.04. The molecule has 2 heterocycles. The van der Waals surface area contributed by atoms with E-state index < -0.39 is 6.23 Å².